The zero-order valence-corrected chi connectivity index (χ0v) is 7.51. The van der Waals surface area contributed by atoms with Crippen LogP contribution in [0.3, 0.4) is 0 Å². The number of ether oxygens (including phenoxy) is 1. The predicted molar refractivity (Wildman–Crippen MR) is 46.5 cm³/mol. The van der Waals surface area contributed by atoms with Crippen LogP contribution in [0.15, 0.2) is 18.7 Å². The lowest BCUT2D eigenvalue weighted by molar-refractivity contribution is 0.234. The molecule has 0 saturated heterocycles. The van der Waals surface area contributed by atoms with E-state index in [9.17, 15) is 0 Å². The van der Waals surface area contributed by atoms with E-state index in [1.807, 2.05) is 13.8 Å². The second-order valence-electron chi connectivity index (χ2n) is 2.96. The lowest BCUT2D eigenvalue weighted by atomic mass is 10.5. The van der Waals surface area contributed by atoms with Gasteiger partial charge < -0.3 is 4.74 Å². The third kappa shape index (κ3) is 1.44. The first-order valence-corrected chi connectivity index (χ1v) is 4.08. The van der Waals surface area contributed by atoms with Gasteiger partial charge in [0.15, 0.2) is 0 Å². The summed E-state index contributed by atoms with van der Waals surface area (Å²) in [5, 5.41) is 7.66. The molecule has 68 valence electrons. The normalized spacial score (nSPS) is 11.0. The number of rotatable bonds is 2. The van der Waals surface area contributed by atoms with Gasteiger partial charge in [0.2, 0.25) is 5.65 Å². The van der Waals surface area contributed by atoms with Gasteiger partial charge in [-0.05, 0) is 13.8 Å². The molecule has 0 unspecified atom stereocenters. The van der Waals surface area contributed by atoms with Crippen molar-refractivity contribution in [3.8, 4) is 5.88 Å². The SMILES string of the molecule is CC(C)Oc1nccn2cnnc12. The second-order valence-corrected chi connectivity index (χ2v) is 2.96. The van der Waals surface area contributed by atoms with Crippen LogP contribution < -0.4 is 4.74 Å². The molecule has 0 atom stereocenters. The zero-order valence-electron chi connectivity index (χ0n) is 7.51. The van der Waals surface area contributed by atoms with Crippen LogP contribution >= 0.6 is 0 Å². The van der Waals surface area contributed by atoms with Crippen LogP contribution in [0.5, 0.6) is 5.88 Å². The Kier molecular flexibility index (Phi) is 1.84. The summed E-state index contributed by atoms with van der Waals surface area (Å²) in [5.41, 5.74) is 0.649. The molecule has 0 aliphatic heterocycles. The van der Waals surface area contributed by atoms with Crippen molar-refractivity contribution in [2.24, 2.45) is 0 Å². The van der Waals surface area contributed by atoms with Gasteiger partial charge in [-0.15, -0.1) is 10.2 Å². The molecule has 0 radical (unpaired) electrons. The van der Waals surface area contributed by atoms with Crippen molar-refractivity contribution < 1.29 is 4.74 Å². The molecule has 2 aromatic heterocycles. The molecule has 0 fully saturated rings. The summed E-state index contributed by atoms with van der Waals surface area (Å²) in [6.45, 7) is 3.89. The maximum absolute atomic E-state index is 5.45. The van der Waals surface area contributed by atoms with Crippen molar-refractivity contribution in [1.82, 2.24) is 19.6 Å². The maximum atomic E-state index is 5.45. The van der Waals surface area contributed by atoms with Gasteiger partial charge in [-0.25, -0.2) is 4.98 Å². The molecule has 2 rings (SSSR count). The quantitative estimate of drug-likeness (QED) is 0.686. The lowest BCUT2D eigenvalue weighted by Gasteiger charge is -2.07. The minimum atomic E-state index is 0.0930. The van der Waals surface area contributed by atoms with Crippen LogP contribution in [0.4, 0.5) is 0 Å². The summed E-state index contributed by atoms with van der Waals surface area (Å²) in [4.78, 5) is 4.07. The lowest BCUT2D eigenvalue weighted by Crippen LogP contribution is -2.08. The maximum Gasteiger partial charge on any atom is 0.260 e. The third-order valence-corrected chi connectivity index (χ3v) is 1.53. The molecule has 0 amide bonds. The van der Waals surface area contributed by atoms with Crippen LogP contribution in [0.1, 0.15) is 13.8 Å². The number of nitrogens with zero attached hydrogens (tertiary/aromatic N) is 4. The first-order chi connectivity index (χ1) is 6.27. The Morgan fingerprint density at radius 1 is 1.46 bits per heavy atom. The summed E-state index contributed by atoms with van der Waals surface area (Å²) >= 11 is 0. The van der Waals surface area contributed by atoms with Gasteiger partial charge in [0.25, 0.3) is 5.88 Å². The van der Waals surface area contributed by atoms with E-state index < -0.39 is 0 Å². The molecule has 0 spiro atoms. The fraction of sp³-hybridized carbons (Fsp3) is 0.375. The molecule has 0 aliphatic rings. The van der Waals surface area contributed by atoms with E-state index in [2.05, 4.69) is 15.2 Å². The Balaban J connectivity index is 2.48. The van der Waals surface area contributed by atoms with Crippen LogP contribution in [-0.2, 0) is 0 Å². The molecule has 13 heavy (non-hydrogen) atoms. The van der Waals surface area contributed by atoms with E-state index in [1.54, 1.807) is 23.1 Å². The van der Waals surface area contributed by atoms with Crippen LogP contribution in [0, 0.1) is 0 Å². The van der Waals surface area contributed by atoms with Crippen LogP contribution in [0.2, 0.25) is 0 Å². The molecule has 0 saturated carbocycles. The van der Waals surface area contributed by atoms with Gasteiger partial charge in [0, 0.05) is 12.4 Å². The van der Waals surface area contributed by atoms with Crippen LogP contribution in [-0.4, -0.2) is 25.7 Å². The topological polar surface area (TPSA) is 52.3 Å². The third-order valence-electron chi connectivity index (χ3n) is 1.53. The van der Waals surface area contributed by atoms with E-state index in [0.717, 1.165) is 0 Å². The predicted octanol–water partition coefficient (Wildman–Crippen LogP) is 0.911. The van der Waals surface area contributed by atoms with Crippen molar-refractivity contribution in [1.29, 1.82) is 0 Å². The molecule has 0 bridgehead atoms. The van der Waals surface area contributed by atoms with Crippen molar-refractivity contribution in [2.75, 3.05) is 0 Å². The van der Waals surface area contributed by atoms with Gasteiger partial charge in [0.05, 0.1) is 6.10 Å². The van der Waals surface area contributed by atoms with Gasteiger partial charge in [0.1, 0.15) is 6.33 Å². The monoisotopic (exact) mass is 178 g/mol. The zero-order chi connectivity index (χ0) is 9.26. The minimum absolute atomic E-state index is 0.0930. The molecule has 5 heteroatoms. The molecule has 2 aromatic rings. The van der Waals surface area contributed by atoms with Crippen molar-refractivity contribution in [3.63, 3.8) is 0 Å². The summed E-state index contributed by atoms with van der Waals surface area (Å²) in [6.07, 6.45) is 5.15. The fourth-order valence-electron chi connectivity index (χ4n) is 1.04. The largest absolute Gasteiger partial charge is 0.472 e. The number of aromatic nitrogens is 4. The molecule has 2 heterocycles. The van der Waals surface area contributed by atoms with Crippen molar-refractivity contribution in [2.45, 2.75) is 20.0 Å². The highest BCUT2D eigenvalue weighted by Crippen LogP contribution is 2.13. The summed E-state index contributed by atoms with van der Waals surface area (Å²) < 4.78 is 7.22. The Hall–Kier alpha value is -1.65. The minimum Gasteiger partial charge on any atom is -0.472 e. The van der Waals surface area contributed by atoms with Gasteiger partial charge in [-0.1, -0.05) is 0 Å². The average Bonchev–Trinajstić information content (AvgIpc) is 2.51. The van der Waals surface area contributed by atoms with Gasteiger partial charge in [-0.2, -0.15) is 0 Å². The average molecular weight is 178 g/mol. The number of hydrogen-bond acceptors (Lipinski definition) is 4. The first-order valence-electron chi connectivity index (χ1n) is 4.08. The molecular formula is C8H10N4O. The number of hydrogen-bond donors (Lipinski definition) is 0. The Labute approximate surface area is 75.4 Å². The Morgan fingerprint density at radius 3 is 3.08 bits per heavy atom. The van der Waals surface area contributed by atoms with E-state index in [-0.39, 0.29) is 6.10 Å². The molecule has 0 N–H and O–H groups in total. The summed E-state index contributed by atoms with van der Waals surface area (Å²) in [6, 6.07) is 0. The van der Waals surface area contributed by atoms with E-state index in [1.165, 1.54) is 0 Å². The molecule has 0 aliphatic carbocycles. The Morgan fingerprint density at radius 2 is 2.31 bits per heavy atom. The highest BCUT2D eigenvalue weighted by atomic mass is 16.5. The van der Waals surface area contributed by atoms with Crippen molar-refractivity contribution in [3.05, 3.63) is 18.7 Å². The second kappa shape index (κ2) is 3.01. The molecular weight excluding hydrogens is 168 g/mol. The van der Waals surface area contributed by atoms with Crippen molar-refractivity contribution >= 4 is 5.65 Å². The van der Waals surface area contributed by atoms with Gasteiger partial charge in [-0.3, -0.25) is 4.40 Å². The number of fused-ring (bicyclic) bond motifs is 1. The summed E-state index contributed by atoms with van der Waals surface area (Å²) in [5.74, 6) is 0.523. The summed E-state index contributed by atoms with van der Waals surface area (Å²) in [7, 11) is 0. The highest BCUT2D eigenvalue weighted by Gasteiger charge is 2.06. The smallest absolute Gasteiger partial charge is 0.260 e. The first kappa shape index (κ1) is 7.97. The standard InChI is InChI=1S/C8H10N4O/c1-6(2)13-8-7-11-10-5-12(7)4-3-9-8/h3-6H,1-2H3. The molecule has 5 nitrogen and oxygen atoms in total. The highest BCUT2D eigenvalue weighted by molar-refractivity contribution is 5.47. The fourth-order valence-corrected chi connectivity index (χ4v) is 1.04. The Bertz CT molecular complexity index is 409. The van der Waals surface area contributed by atoms with E-state index in [4.69, 9.17) is 4.74 Å². The van der Waals surface area contributed by atoms with E-state index >= 15 is 0 Å². The molecule has 0 aromatic carbocycles. The van der Waals surface area contributed by atoms with Gasteiger partial charge >= 0.3 is 0 Å². The van der Waals surface area contributed by atoms with Crippen LogP contribution in [0.25, 0.3) is 5.65 Å². The van der Waals surface area contributed by atoms with E-state index in [0.29, 0.717) is 11.5 Å².